The van der Waals surface area contributed by atoms with Crippen molar-refractivity contribution in [2.45, 2.75) is 78.0 Å². The summed E-state index contributed by atoms with van der Waals surface area (Å²) in [6, 6.07) is 0.753. The van der Waals surface area contributed by atoms with Gasteiger partial charge in [0.1, 0.15) is 0 Å². The van der Waals surface area contributed by atoms with E-state index in [0.717, 1.165) is 57.9 Å². The maximum absolute atomic E-state index is 11.1. The van der Waals surface area contributed by atoms with Crippen LogP contribution in [0.5, 0.6) is 0 Å². The Kier molecular flexibility index (Phi) is 11.1. The molecule has 7 nitrogen and oxygen atoms in total. The lowest BCUT2D eigenvalue weighted by Gasteiger charge is -2.52. The summed E-state index contributed by atoms with van der Waals surface area (Å²) < 4.78 is 6.06. The number of piperidine rings is 1. The van der Waals surface area contributed by atoms with Gasteiger partial charge in [-0.25, -0.2) is 0 Å². The third kappa shape index (κ3) is 7.33. The molecule has 1 saturated carbocycles. The zero-order valence-corrected chi connectivity index (χ0v) is 20.3. The van der Waals surface area contributed by atoms with Crippen LogP contribution in [0.4, 0.5) is 0 Å². The van der Waals surface area contributed by atoms with Gasteiger partial charge < -0.3 is 21.1 Å². The van der Waals surface area contributed by atoms with Gasteiger partial charge in [0.05, 0.1) is 12.6 Å². The number of hydrogen-bond donors (Lipinski definition) is 3. The first-order valence-corrected chi connectivity index (χ1v) is 10.6. The number of ether oxygens (including phenoxy) is 1. The number of likely N-dealkylation sites (tertiary alicyclic amines) is 1. The molecule has 28 heavy (non-hydrogen) atoms. The highest BCUT2D eigenvalue weighted by Crippen LogP contribution is 2.42. The average Bonchev–Trinajstić information content (AvgIpc) is 2.61. The summed E-state index contributed by atoms with van der Waals surface area (Å²) in [5, 5.41) is 7.22. The second-order valence-corrected chi connectivity index (χ2v) is 8.45. The molecule has 1 heterocycles. The van der Waals surface area contributed by atoms with Gasteiger partial charge in [0.2, 0.25) is 5.91 Å². The number of carbonyl (C=O) groups is 1. The molecule has 1 aliphatic heterocycles. The molecule has 164 valence electrons. The number of halogens is 1. The van der Waals surface area contributed by atoms with Crippen LogP contribution in [0.1, 0.15) is 59.8 Å². The Balaban J connectivity index is 0.00000392. The summed E-state index contributed by atoms with van der Waals surface area (Å²) in [6.45, 7) is 12.5. The first kappa shape index (κ1) is 25.4. The minimum Gasteiger partial charge on any atom is -0.378 e. The van der Waals surface area contributed by atoms with Gasteiger partial charge in [-0.2, -0.15) is 0 Å². The molecule has 1 amide bonds. The van der Waals surface area contributed by atoms with Gasteiger partial charge in [-0.3, -0.25) is 14.7 Å². The van der Waals surface area contributed by atoms with Gasteiger partial charge in [-0.15, -0.1) is 24.0 Å². The van der Waals surface area contributed by atoms with E-state index in [1.807, 2.05) is 0 Å². The SMILES string of the molecule is CCCCOC1CC(NC(=NCC)NC2CCN(CC(N)=O)CC2)C1(C)C.I. The third-order valence-corrected chi connectivity index (χ3v) is 5.93. The predicted molar refractivity (Wildman–Crippen MR) is 125 cm³/mol. The van der Waals surface area contributed by atoms with Crippen LogP contribution in [0.2, 0.25) is 0 Å². The molecule has 2 atom stereocenters. The Morgan fingerprint density at radius 3 is 2.46 bits per heavy atom. The smallest absolute Gasteiger partial charge is 0.231 e. The Morgan fingerprint density at radius 2 is 1.93 bits per heavy atom. The van der Waals surface area contributed by atoms with E-state index >= 15 is 0 Å². The summed E-state index contributed by atoms with van der Waals surface area (Å²) in [7, 11) is 0. The van der Waals surface area contributed by atoms with Crippen molar-refractivity contribution in [3.8, 4) is 0 Å². The predicted octanol–water partition coefficient (Wildman–Crippen LogP) is 2.09. The molecule has 1 saturated heterocycles. The molecule has 0 spiro atoms. The summed E-state index contributed by atoms with van der Waals surface area (Å²) in [5.41, 5.74) is 5.40. The van der Waals surface area contributed by atoms with Crippen LogP contribution >= 0.6 is 24.0 Å². The van der Waals surface area contributed by atoms with Crippen LogP contribution in [0.25, 0.3) is 0 Å². The second kappa shape index (κ2) is 12.2. The Morgan fingerprint density at radius 1 is 1.25 bits per heavy atom. The van der Waals surface area contributed by atoms with Gasteiger partial charge in [-0.05, 0) is 32.6 Å². The monoisotopic (exact) mass is 509 g/mol. The molecule has 0 aromatic heterocycles. The molecule has 0 aromatic carbocycles. The van der Waals surface area contributed by atoms with Gasteiger partial charge in [0, 0.05) is 43.7 Å². The molecule has 8 heteroatoms. The average molecular weight is 509 g/mol. The molecule has 1 aliphatic carbocycles. The Labute approximate surface area is 187 Å². The summed E-state index contributed by atoms with van der Waals surface area (Å²) >= 11 is 0. The highest BCUT2D eigenvalue weighted by Gasteiger charge is 2.49. The van der Waals surface area contributed by atoms with Crippen molar-refractivity contribution < 1.29 is 9.53 Å². The topological polar surface area (TPSA) is 92.0 Å². The molecule has 2 fully saturated rings. The fourth-order valence-corrected chi connectivity index (χ4v) is 3.89. The number of guanidine groups is 1. The van der Waals surface area contributed by atoms with Crippen LogP contribution in [-0.2, 0) is 9.53 Å². The van der Waals surface area contributed by atoms with Crippen molar-refractivity contribution in [3.63, 3.8) is 0 Å². The van der Waals surface area contributed by atoms with Crippen molar-refractivity contribution in [2.24, 2.45) is 16.1 Å². The molecule has 2 unspecified atom stereocenters. The van der Waals surface area contributed by atoms with E-state index in [1.165, 1.54) is 6.42 Å². The van der Waals surface area contributed by atoms with Crippen molar-refractivity contribution in [1.82, 2.24) is 15.5 Å². The van der Waals surface area contributed by atoms with Crippen LogP contribution < -0.4 is 16.4 Å². The molecule has 4 N–H and O–H groups in total. The number of hydrogen-bond acceptors (Lipinski definition) is 4. The summed E-state index contributed by atoms with van der Waals surface area (Å²) in [6.07, 6.45) is 5.64. The largest absolute Gasteiger partial charge is 0.378 e. The van der Waals surface area contributed by atoms with Crippen molar-refractivity contribution in [1.29, 1.82) is 0 Å². The number of nitrogens with two attached hydrogens (primary N) is 1. The van der Waals surface area contributed by atoms with E-state index in [0.29, 0.717) is 24.7 Å². The van der Waals surface area contributed by atoms with E-state index in [2.05, 4.69) is 48.2 Å². The summed E-state index contributed by atoms with van der Waals surface area (Å²) in [5.74, 6) is 0.648. The number of unbranched alkanes of at least 4 members (excludes halogenated alkanes) is 1. The fourth-order valence-electron chi connectivity index (χ4n) is 3.89. The van der Waals surface area contributed by atoms with Crippen molar-refractivity contribution in [3.05, 3.63) is 0 Å². The standard InChI is InChI=1S/C20H39N5O2.HI/c1-5-7-12-27-17-13-16(20(17,3)4)24-19(22-6-2)23-15-8-10-25(11-9-15)14-18(21)26;/h15-17H,5-14H2,1-4H3,(H2,21,26)(H2,22,23,24);1H. The number of primary amides is 1. The Hall–Kier alpha value is -0.610. The molecule has 0 bridgehead atoms. The zero-order valence-electron chi connectivity index (χ0n) is 18.0. The van der Waals surface area contributed by atoms with Crippen LogP contribution in [0, 0.1) is 5.41 Å². The van der Waals surface area contributed by atoms with Gasteiger partial charge in [-0.1, -0.05) is 27.2 Å². The Bertz CT molecular complexity index is 507. The molecule has 0 aromatic rings. The van der Waals surface area contributed by atoms with Gasteiger partial charge in [0.25, 0.3) is 0 Å². The van der Waals surface area contributed by atoms with Gasteiger partial charge >= 0.3 is 0 Å². The number of rotatable bonds is 9. The summed E-state index contributed by atoms with van der Waals surface area (Å²) in [4.78, 5) is 17.8. The second-order valence-electron chi connectivity index (χ2n) is 8.45. The van der Waals surface area contributed by atoms with E-state index in [4.69, 9.17) is 10.5 Å². The lowest BCUT2D eigenvalue weighted by atomic mass is 9.64. The number of carbonyl (C=O) groups excluding carboxylic acids is 1. The number of nitrogens with zero attached hydrogens (tertiary/aromatic N) is 2. The van der Waals surface area contributed by atoms with Crippen LogP contribution in [-0.4, -0.2) is 67.7 Å². The normalized spacial score (nSPS) is 25.5. The van der Waals surface area contributed by atoms with E-state index in [9.17, 15) is 4.79 Å². The highest BCUT2D eigenvalue weighted by molar-refractivity contribution is 14.0. The van der Waals surface area contributed by atoms with Crippen LogP contribution in [0.15, 0.2) is 4.99 Å². The van der Waals surface area contributed by atoms with E-state index in [-0.39, 0.29) is 35.3 Å². The first-order valence-electron chi connectivity index (χ1n) is 10.6. The van der Waals surface area contributed by atoms with Crippen molar-refractivity contribution >= 4 is 35.8 Å². The maximum Gasteiger partial charge on any atom is 0.231 e. The van der Waals surface area contributed by atoms with Crippen molar-refractivity contribution in [2.75, 3.05) is 32.8 Å². The minimum absolute atomic E-state index is 0. The number of amides is 1. The fraction of sp³-hybridized carbons (Fsp3) is 0.900. The third-order valence-electron chi connectivity index (χ3n) is 5.93. The van der Waals surface area contributed by atoms with Crippen LogP contribution in [0.3, 0.4) is 0 Å². The quantitative estimate of drug-likeness (QED) is 0.192. The molecule has 2 rings (SSSR count). The minimum atomic E-state index is -0.251. The molecular formula is C20H40IN5O2. The van der Waals surface area contributed by atoms with Gasteiger partial charge in [0.15, 0.2) is 5.96 Å². The lowest BCUT2D eigenvalue weighted by Crippen LogP contribution is -2.64. The lowest BCUT2D eigenvalue weighted by molar-refractivity contribution is -0.119. The first-order chi connectivity index (χ1) is 12.9. The highest BCUT2D eigenvalue weighted by atomic mass is 127. The molecule has 0 radical (unpaired) electrons. The number of nitrogens with one attached hydrogen (secondary N) is 2. The maximum atomic E-state index is 11.1. The van der Waals surface area contributed by atoms with E-state index < -0.39 is 0 Å². The number of aliphatic imine (C=N–C) groups is 1. The van der Waals surface area contributed by atoms with E-state index in [1.54, 1.807) is 0 Å². The molecule has 2 aliphatic rings. The molecular weight excluding hydrogens is 469 g/mol. The zero-order chi connectivity index (χ0) is 19.9.